The van der Waals surface area contributed by atoms with E-state index in [1.54, 1.807) is 0 Å². The van der Waals surface area contributed by atoms with E-state index in [-0.39, 0.29) is 11.9 Å². The van der Waals surface area contributed by atoms with Gasteiger partial charge in [0.2, 0.25) is 5.91 Å². The molecule has 20 heavy (non-hydrogen) atoms. The second-order valence-electron chi connectivity index (χ2n) is 5.37. The quantitative estimate of drug-likeness (QED) is 0.866. The standard InChI is InChI=1S/C15H21NO3S/c1-4-7-19-15(18)13-11-6-5-9(2)8-12(11)20-14(13)16-10(3)17/h9H,4-8H2,1-3H3,(H,16,17). The van der Waals surface area contributed by atoms with Crippen molar-refractivity contribution in [1.82, 2.24) is 0 Å². The van der Waals surface area contributed by atoms with E-state index >= 15 is 0 Å². The third-order valence-corrected chi connectivity index (χ3v) is 4.61. The van der Waals surface area contributed by atoms with E-state index in [0.29, 0.717) is 23.1 Å². The van der Waals surface area contributed by atoms with Crippen LogP contribution in [0.5, 0.6) is 0 Å². The number of fused-ring (bicyclic) bond motifs is 1. The summed E-state index contributed by atoms with van der Waals surface area (Å²) >= 11 is 1.52. The molecule has 0 radical (unpaired) electrons. The van der Waals surface area contributed by atoms with Gasteiger partial charge in [-0.2, -0.15) is 0 Å². The Morgan fingerprint density at radius 1 is 1.45 bits per heavy atom. The van der Waals surface area contributed by atoms with Crippen molar-refractivity contribution in [1.29, 1.82) is 0 Å². The maximum atomic E-state index is 12.3. The van der Waals surface area contributed by atoms with Crippen molar-refractivity contribution < 1.29 is 14.3 Å². The van der Waals surface area contributed by atoms with Gasteiger partial charge in [0.1, 0.15) is 5.00 Å². The Kier molecular flexibility index (Phi) is 4.81. The molecular formula is C15H21NO3S. The van der Waals surface area contributed by atoms with Crippen molar-refractivity contribution in [2.75, 3.05) is 11.9 Å². The minimum Gasteiger partial charge on any atom is -0.462 e. The molecule has 110 valence electrons. The van der Waals surface area contributed by atoms with E-state index in [1.165, 1.54) is 23.1 Å². The zero-order chi connectivity index (χ0) is 14.7. The highest BCUT2D eigenvalue weighted by Crippen LogP contribution is 2.40. The predicted molar refractivity (Wildman–Crippen MR) is 80.4 cm³/mol. The average molecular weight is 295 g/mol. The maximum Gasteiger partial charge on any atom is 0.341 e. The lowest BCUT2D eigenvalue weighted by molar-refractivity contribution is -0.114. The van der Waals surface area contributed by atoms with Crippen LogP contribution in [0.15, 0.2) is 0 Å². The monoisotopic (exact) mass is 295 g/mol. The molecule has 1 aromatic heterocycles. The molecule has 0 fully saturated rings. The molecule has 0 spiro atoms. The van der Waals surface area contributed by atoms with Gasteiger partial charge < -0.3 is 10.1 Å². The Labute approximate surface area is 123 Å². The van der Waals surface area contributed by atoms with Crippen LogP contribution >= 0.6 is 11.3 Å². The lowest BCUT2D eigenvalue weighted by atomic mass is 9.88. The number of amides is 1. The van der Waals surface area contributed by atoms with Gasteiger partial charge in [0.25, 0.3) is 0 Å². The molecule has 0 bridgehead atoms. The van der Waals surface area contributed by atoms with Crippen LogP contribution in [0, 0.1) is 5.92 Å². The van der Waals surface area contributed by atoms with Crippen LogP contribution in [0.4, 0.5) is 5.00 Å². The molecule has 1 aliphatic carbocycles. The Morgan fingerprint density at radius 3 is 2.85 bits per heavy atom. The molecule has 1 unspecified atom stereocenters. The van der Waals surface area contributed by atoms with Gasteiger partial charge in [0.05, 0.1) is 12.2 Å². The number of anilines is 1. The van der Waals surface area contributed by atoms with Crippen LogP contribution in [0.2, 0.25) is 0 Å². The summed E-state index contributed by atoms with van der Waals surface area (Å²) in [4.78, 5) is 24.8. The number of carbonyl (C=O) groups is 2. The fraction of sp³-hybridized carbons (Fsp3) is 0.600. The summed E-state index contributed by atoms with van der Waals surface area (Å²) in [5, 5.41) is 3.43. The van der Waals surface area contributed by atoms with Crippen LogP contribution in [0.3, 0.4) is 0 Å². The topological polar surface area (TPSA) is 55.4 Å². The van der Waals surface area contributed by atoms with Crippen molar-refractivity contribution in [3.05, 3.63) is 16.0 Å². The first-order valence-corrected chi connectivity index (χ1v) is 7.93. The molecule has 4 nitrogen and oxygen atoms in total. The average Bonchev–Trinajstić information content (AvgIpc) is 2.71. The SMILES string of the molecule is CCCOC(=O)c1c(NC(C)=O)sc2c1CCC(C)C2. The van der Waals surface area contributed by atoms with Gasteiger partial charge >= 0.3 is 5.97 Å². The van der Waals surface area contributed by atoms with E-state index < -0.39 is 0 Å². The summed E-state index contributed by atoms with van der Waals surface area (Å²) in [5.74, 6) is 0.176. The van der Waals surface area contributed by atoms with Gasteiger partial charge in [-0.1, -0.05) is 13.8 Å². The van der Waals surface area contributed by atoms with Gasteiger partial charge in [0.15, 0.2) is 0 Å². The van der Waals surface area contributed by atoms with E-state index in [0.717, 1.165) is 31.2 Å². The Balaban J connectivity index is 2.35. The maximum absolute atomic E-state index is 12.3. The lowest BCUT2D eigenvalue weighted by Crippen LogP contribution is -2.15. The number of rotatable bonds is 4. The minimum atomic E-state index is -0.303. The second-order valence-corrected chi connectivity index (χ2v) is 6.48. The summed E-state index contributed by atoms with van der Waals surface area (Å²) in [6.45, 7) is 6.06. The van der Waals surface area contributed by atoms with Crippen LogP contribution in [-0.4, -0.2) is 18.5 Å². The highest BCUT2D eigenvalue weighted by molar-refractivity contribution is 7.17. The normalized spacial score (nSPS) is 17.4. The van der Waals surface area contributed by atoms with E-state index in [4.69, 9.17) is 4.74 Å². The highest BCUT2D eigenvalue weighted by Gasteiger charge is 2.28. The summed E-state index contributed by atoms with van der Waals surface area (Å²) in [7, 11) is 0. The third kappa shape index (κ3) is 3.20. The van der Waals surface area contributed by atoms with E-state index in [9.17, 15) is 9.59 Å². The molecular weight excluding hydrogens is 274 g/mol. The van der Waals surface area contributed by atoms with Gasteiger partial charge in [0, 0.05) is 11.8 Å². The second kappa shape index (κ2) is 6.39. The lowest BCUT2D eigenvalue weighted by Gasteiger charge is -2.18. The van der Waals surface area contributed by atoms with Gasteiger partial charge in [-0.3, -0.25) is 4.79 Å². The van der Waals surface area contributed by atoms with Crippen LogP contribution in [0.25, 0.3) is 0 Å². The number of nitrogens with one attached hydrogen (secondary N) is 1. The molecule has 0 saturated heterocycles. The molecule has 1 heterocycles. The minimum absolute atomic E-state index is 0.152. The van der Waals surface area contributed by atoms with Crippen molar-refractivity contribution in [3.63, 3.8) is 0 Å². The number of esters is 1. The molecule has 1 aliphatic rings. The van der Waals surface area contributed by atoms with Crippen LogP contribution < -0.4 is 5.32 Å². The molecule has 0 saturated carbocycles. The van der Waals surface area contributed by atoms with E-state index in [1.807, 2.05) is 6.92 Å². The number of thiophene rings is 1. The number of carbonyl (C=O) groups excluding carboxylic acids is 2. The zero-order valence-corrected chi connectivity index (χ0v) is 13.1. The first kappa shape index (κ1) is 15.0. The molecule has 1 aromatic rings. The van der Waals surface area contributed by atoms with Crippen LogP contribution in [-0.2, 0) is 22.4 Å². The Morgan fingerprint density at radius 2 is 2.20 bits per heavy atom. The van der Waals surface area contributed by atoms with Gasteiger partial charge in [-0.25, -0.2) is 4.79 Å². The fourth-order valence-electron chi connectivity index (χ4n) is 2.48. The van der Waals surface area contributed by atoms with Crippen molar-refractivity contribution in [2.24, 2.45) is 5.92 Å². The summed E-state index contributed by atoms with van der Waals surface area (Å²) in [6, 6.07) is 0. The Bertz CT molecular complexity index is 521. The summed E-state index contributed by atoms with van der Waals surface area (Å²) < 4.78 is 5.27. The number of ether oxygens (including phenoxy) is 1. The Hall–Kier alpha value is -1.36. The molecule has 5 heteroatoms. The molecule has 1 amide bonds. The zero-order valence-electron chi connectivity index (χ0n) is 12.2. The number of hydrogen-bond donors (Lipinski definition) is 1. The molecule has 1 atom stereocenters. The van der Waals surface area contributed by atoms with Gasteiger partial charge in [-0.15, -0.1) is 11.3 Å². The van der Waals surface area contributed by atoms with Crippen molar-refractivity contribution in [2.45, 2.75) is 46.5 Å². The molecule has 1 N–H and O–H groups in total. The first-order valence-electron chi connectivity index (χ1n) is 7.12. The summed E-state index contributed by atoms with van der Waals surface area (Å²) in [5.41, 5.74) is 1.67. The largest absolute Gasteiger partial charge is 0.462 e. The van der Waals surface area contributed by atoms with E-state index in [2.05, 4.69) is 12.2 Å². The van der Waals surface area contributed by atoms with Crippen molar-refractivity contribution >= 4 is 28.2 Å². The predicted octanol–water partition coefficient (Wildman–Crippen LogP) is 3.40. The molecule has 0 aromatic carbocycles. The van der Waals surface area contributed by atoms with Crippen LogP contribution in [0.1, 0.15) is 54.4 Å². The third-order valence-electron chi connectivity index (χ3n) is 3.44. The number of hydrogen-bond acceptors (Lipinski definition) is 4. The summed E-state index contributed by atoms with van der Waals surface area (Å²) in [6.07, 6.45) is 3.75. The fourth-order valence-corrected chi connectivity index (χ4v) is 3.93. The highest BCUT2D eigenvalue weighted by atomic mass is 32.1. The molecule has 2 rings (SSSR count). The molecule has 0 aliphatic heterocycles. The van der Waals surface area contributed by atoms with Gasteiger partial charge in [-0.05, 0) is 37.2 Å². The smallest absolute Gasteiger partial charge is 0.341 e. The first-order chi connectivity index (χ1) is 9.52. The van der Waals surface area contributed by atoms with Crippen molar-refractivity contribution in [3.8, 4) is 0 Å².